The van der Waals surface area contributed by atoms with E-state index in [0.717, 1.165) is 31.3 Å². The predicted molar refractivity (Wildman–Crippen MR) is 91.0 cm³/mol. The van der Waals surface area contributed by atoms with Gasteiger partial charge in [-0.2, -0.15) is 0 Å². The van der Waals surface area contributed by atoms with E-state index in [2.05, 4.69) is 55.2 Å². The number of guanidine groups is 1. The second-order valence-corrected chi connectivity index (χ2v) is 7.73. The number of hydrogen-bond donors (Lipinski definition) is 1. The zero-order valence-electron chi connectivity index (χ0n) is 13.9. The number of aromatic nitrogens is 1. The van der Waals surface area contributed by atoms with Gasteiger partial charge < -0.3 is 10.2 Å². The third kappa shape index (κ3) is 4.43. The number of likely N-dealkylation sites (tertiary alicyclic amines) is 1. The van der Waals surface area contributed by atoms with E-state index in [0.29, 0.717) is 17.9 Å². The van der Waals surface area contributed by atoms with Crippen molar-refractivity contribution in [2.45, 2.75) is 53.5 Å². The predicted octanol–water partition coefficient (Wildman–Crippen LogP) is 3.46. The summed E-state index contributed by atoms with van der Waals surface area (Å²) >= 11 is 1.74. The minimum absolute atomic E-state index is 0.391. The first-order valence-corrected chi connectivity index (χ1v) is 8.77. The van der Waals surface area contributed by atoms with Crippen molar-refractivity contribution in [1.82, 2.24) is 15.2 Å². The molecule has 21 heavy (non-hydrogen) atoms. The molecule has 0 aromatic carbocycles. The van der Waals surface area contributed by atoms with E-state index in [1.54, 1.807) is 11.3 Å². The summed E-state index contributed by atoms with van der Waals surface area (Å²) in [4.78, 5) is 11.8. The fourth-order valence-corrected chi connectivity index (χ4v) is 3.36. The zero-order chi connectivity index (χ0) is 15.5. The van der Waals surface area contributed by atoms with Gasteiger partial charge >= 0.3 is 0 Å². The quantitative estimate of drug-likeness (QED) is 0.684. The minimum atomic E-state index is 0.391. The maximum atomic E-state index is 4.78. The van der Waals surface area contributed by atoms with Gasteiger partial charge in [-0.25, -0.2) is 9.98 Å². The van der Waals surface area contributed by atoms with E-state index >= 15 is 0 Å². The molecule has 0 amide bonds. The van der Waals surface area contributed by atoms with E-state index in [-0.39, 0.29) is 0 Å². The number of thiazole rings is 1. The van der Waals surface area contributed by atoms with Crippen molar-refractivity contribution in [3.8, 4) is 0 Å². The lowest BCUT2D eigenvalue weighted by Crippen LogP contribution is -2.40. The molecule has 0 radical (unpaired) electrons. The number of nitrogens with one attached hydrogen (secondary N) is 1. The second kappa shape index (κ2) is 6.77. The van der Waals surface area contributed by atoms with Crippen LogP contribution in [0.25, 0.3) is 0 Å². The van der Waals surface area contributed by atoms with Gasteiger partial charge in [0.25, 0.3) is 0 Å². The Bertz CT molecular complexity index is 490. The molecule has 1 saturated heterocycles. The normalized spacial score (nSPS) is 18.6. The monoisotopic (exact) mass is 308 g/mol. The van der Waals surface area contributed by atoms with Crippen LogP contribution in [-0.2, 0) is 6.54 Å². The number of nitrogens with zero attached hydrogens (tertiary/aromatic N) is 3. The first-order chi connectivity index (χ1) is 9.91. The summed E-state index contributed by atoms with van der Waals surface area (Å²) in [5.74, 6) is 1.53. The van der Waals surface area contributed by atoms with Crippen LogP contribution >= 0.6 is 11.3 Å². The molecule has 4 nitrogen and oxygen atoms in total. The summed E-state index contributed by atoms with van der Waals surface area (Å²) in [6, 6.07) is 0. The highest BCUT2D eigenvalue weighted by molar-refractivity contribution is 7.09. The number of aliphatic imine (C=N–C) groups is 1. The lowest BCUT2D eigenvalue weighted by Gasteiger charge is -2.23. The molecule has 1 aliphatic heterocycles. The average Bonchev–Trinajstić information content (AvgIpc) is 3.01. The minimum Gasteiger partial charge on any atom is -0.357 e. The highest BCUT2D eigenvalue weighted by atomic mass is 32.1. The summed E-state index contributed by atoms with van der Waals surface area (Å²) in [5, 5.41) is 6.75. The Labute approximate surface area is 132 Å². The Morgan fingerprint density at radius 1 is 1.52 bits per heavy atom. The van der Waals surface area contributed by atoms with Crippen LogP contribution in [-0.4, -0.2) is 35.5 Å². The number of hydrogen-bond acceptors (Lipinski definition) is 3. The summed E-state index contributed by atoms with van der Waals surface area (Å²) in [6.07, 6.45) is 1.23. The molecule has 1 N–H and O–H groups in total. The lowest BCUT2D eigenvalue weighted by atomic mass is 9.93. The van der Waals surface area contributed by atoms with Crippen molar-refractivity contribution >= 4 is 17.3 Å². The molecule has 0 unspecified atom stereocenters. The zero-order valence-corrected chi connectivity index (χ0v) is 14.8. The van der Waals surface area contributed by atoms with E-state index in [4.69, 9.17) is 4.99 Å². The average molecular weight is 308 g/mol. The molecule has 1 fully saturated rings. The first-order valence-electron chi connectivity index (χ1n) is 7.89. The van der Waals surface area contributed by atoms with Crippen molar-refractivity contribution in [2.24, 2.45) is 10.4 Å². The maximum absolute atomic E-state index is 4.78. The van der Waals surface area contributed by atoms with Gasteiger partial charge in [-0.1, -0.05) is 27.7 Å². The van der Waals surface area contributed by atoms with E-state index in [1.165, 1.54) is 11.4 Å². The first kappa shape index (κ1) is 16.3. The summed E-state index contributed by atoms with van der Waals surface area (Å²) in [7, 11) is 0. The Kier molecular flexibility index (Phi) is 5.25. The van der Waals surface area contributed by atoms with Crippen LogP contribution in [0.3, 0.4) is 0 Å². The van der Waals surface area contributed by atoms with E-state index in [9.17, 15) is 0 Å². The Morgan fingerprint density at radius 3 is 2.81 bits per heavy atom. The molecule has 2 rings (SSSR count). The molecule has 0 atom stereocenters. The number of rotatable bonds is 4. The van der Waals surface area contributed by atoms with Gasteiger partial charge in [0.15, 0.2) is 5.96 Å². The summed E-state index contributed by atoms with van der Waals surface area (Å²) in [6.45, 7) is 14.9. The van der Waals surface area contributed by atoms with Crippen LogP contribution in [0.5, 0.6) is 0 Å². The largest absolute Gasteiger partial charge is 0.357 e. The molecule has 1 aromatic heterocycles. The van der Waals surface area contributed by atoms with E-state index in [1.807, 2.05) is 0 Å². The van der Waals surface area contributed by atoms with Crippen LogP contribution in [0.4, 0.5) is 0 Å². The van der Waals surface area contributed by atoms with Crippen LogP contribution < -0.4 is 5.32 Å². The van der Waals surface area contributed by atoms with Crippen molar-refractivity contribution < 1.29 is 0 Å². The van der Waals surface area contributed by atoms with Gasteiger partial charge in [0.2, 0.25) is 0 Å². The third-order valence-corrected chi connectivity index (χ3v) is 4.96. The molecule has 5 heteroatoms. The molecule has 1 aliphatic rings. The standard InChI is InChI=1S/C16H28N4S/c1-6-17-15(20-8-7-16(4,5)11-20)18-9-13-10-21-14(19-13)12(2)3/h10,12H,6-9,11H2,1-5H3,(H,17,18). The summed E-state index contributed by atoms with van der Waals surface area (Å²) < 4.78 is 0. The van der Waals surface area contributed by atoms with Crippen LogP contribution in [0, 0.1) is 5.41 Å². The molecule has 0 bridgehead atoms. The van der Waals surface area contributed by atoms with Crippen molar-refractivity contribution in [3.05, 3.63) is 16.1 Å². The van der Waals surface area contributed by atoms with Gasteiger partial charge in [-0.15, -0.1) is 11.3 Å². The van der Waals surface area contributed by atoms with Crippen LogP contribution in [0.15, 0.2) is 10.4 Å². The SMILES string of the molecule is CCNC(=NCc1csc(C(C)C)n1)N1CCC(C)(C)C1. The highest BCUT2D eigenvalue weighted by Crippen LogP contribution is 2.28. The molecule has 1 aromatic rings. The van der Waals surface area contributed by atoms with E-state index < -0.39 is 0 Å². The maximum Gasteiger partial charge on any atom is 0.194 e. The molecule has 0 spiro atoms. The third-order valence-electron chi connectivity index (χ3n) is 3.77. The fourth-order valence-electron chi connectivity index (χ4n) is 2.54. The Hall–Kier alpha value is -1.10. The molecular weight excluding hydrogens is 280 g/mol. The van der Waals surface area contributed by atoms with Crippen molar-refractivity contribution in [1.29, 1.82) is 0 Å². The van der Waals surface area contributed by atoms with Crippen molar-refractivity contribution in [2.75, 3.05) is 19.6 Å². The molecular formula is C16H28N4S. The van der Waals surface area contributed by atoms with Crippen molar-refractivity contribution in [3.63, 3.8) is 0 Å². The molecule has 0 saturated carbocycles. The van der Waals surface area contributed by atoms with Gasteiger partial charge in [0, 0.05) is 30.9 Å². The van der Waals surface area contributed by atoms with Gasteiger partial charge in [-0.05, 0) is 18.8 Å². The van der Waals surface area contributed by atoms with Crippen LogP contribution in [0.1, 0.15) is 57.7 Å². The topological polar surface area (TPSA) is 40.5 Å². The smallest absolute Gasteiger partial charge is 0.194 e. The van der Waals surface area contributed by atoms with Gasteiger partial charge in [0.05, 0.1) is 17.2 Å². The second-order valence-electron chi connectivity index (χ2n) is 6.84. The van der Waals surface area contributed by atoms with Gasteiger partial charge in [-0.3, -0.25) is 0 Å². The van der Waals surface area contributed by atoms with Crippen LogP contribution in [0.2, 0.25) is 0 Å². The molecule has 0 aliphatic carbocycles. The molecule has 118 valence electrons. The Morgan fingerprint density at radius 2 is 2.29 bits per heavy atom. The fraction of sp³-hybridized carbons (Fsp3) is 0.750. The highest BCUT2D eigenvalue weighted by Gasteiger charge is 2.30. The Balaban J connectivity index is 2.03. The molecule has 2 heterocycles. The summed E-state index contributed by atoms with van der Waals surface area (Å²) in [5.41, 5.74) is 1.47. The lowest BCUT2D eigenvalue weighted by molar-refractivity contribution is 0.370. The van der Waals surface area contributed by atoms with Gasteiger partial charge in [0.1, 0.15) is 0 Å².